The zero-order valence-corrected chi connectivity index (χ0v) is 17.1. The molecule has 3 rings (SSSR count). The van der Waals surface area contributed by atoms with Gasteiger partial charge in [0.1, 0.15) is 5.82 Å². The first-order chi connectivity index (χ1) is 12.9. The second-order valence-electron chi connectivity index (χ2n) is 6.04. The largest absolute Gasteiger partial charge is 0.385 e. The van der Waals surface area contributed by atoms with Crippen molar-refractivity contribution in [3.05, 3.63) is 42.1 Å². The first kappa shape index (κ1) is 21.8. The molecule has 10 heteroatoms. The van der Waals surface area contributed by atoms with E-state index < -0.39 is 9.84 Å². The molecule has 0 saturated heterocycles. The molecule has 0 fully saturated rings. The number of hydrogen-bond donors (Lipinski definition) is 2. The number of aromatic amines is 1. The number of hydrogen-bond acceptors (Lipinski definition) is 6. The fourth-order valence-corrected chi connectivity index (χ4v) is 3.24. The van der Waals surface area contributed by atoms with Crippen molar-refractivity contribution >= 4 is 39.3 Å². The molecule has 8 nitrogen and oxygen atoms in total. The van der Waals surface area contributed by atoms with Crippen LogP contribution in [-0.4, -0.2) is 55.8 Å². The minimum Gasteiger partial charge on any atom is -0.385 e. The van der Waals surface area contributed by atoms with Crippen LogP contribution in [0.3, 0.4) is 0 Å². The Hall–Kier alpha value is -2.49. The molecule has 0 aliphatic heterocycles. The van der Waals surface area contributed by atoms with Gasteiger partial charge >= 0.3 is 0 Å². The van der Waals surface area contributed by atoms with Gasteiger partial charge in [0.25, 0.3) is 5.91 Å². The van der Waals surface area contributed by atoms with Gasteiger partial charge in [-0.25, -0.2) is 18.4 Å². The van der Waals surface area contributed by atoms with E-state index in [0.29, 0.717) is 41.3 Å². The summed E-state index contributed by atoms with van der Waals surface area (Å²) in [5, 5.41) is 2.84. The monoisotopic (exact) mass is 424 g/mol. The second-order valence-corrected chi connectivity index (χ2v) is 8.06. The van der Waals surface area contributed by atoms with Crippen molar-refractivity contribution in [1.29, 1.82) is 0 Å². The quantitative estimate of drug-likeness (QED) is 0.562. The number of carbonyl (C=O) groups excluding carboxylic acids is 1. The number of benzene rings is 1. The molecule has 2 aromatic heterocycles. The molecule has 0 aliphatic carbocycles. The average Bonchev–Trinajstić information content (AvgIpc) is 3.08. The maximum atomic E-state index is 12.4. The highest BCUT2D eigenvalue weighted by atomic mass is 35.5. The van der Waals surface area contributed by atoms with Crippen LogP contribution in [0.15, 0.2) is 41.4 Å². The summed E-state index contributed by atoms with van der Waals surface area (Å²) in [7, 11) is -1.65. The van der Waals surface area contributed by atoms with E-state index in [4.69, 9.17) is 4.74 Å². The van der Waals surface area contributed by atoms with Crippen LogP contribution in [0.5, 0.6) is 0 Å². The number of carbonyl (C=O) groups is 1. The highest BCUT2D eigenvalue weighted by Gasteiger charge is 2.15. The molecule has 0 unspecified atom stereocenters. The van der Waals surface area contributed by atoms with Crippen LogP contribution in [0.2, 0.25) is 0 Å². The number of sulfone groups is 1. The summed E-state index contributed by atoms with van der Waals surface area (Å²) >= 11 is 0. The van der Waals surface area contributed by atoms with E-state index in [-0.39, 0.29) is 23.2 Å². The molecular formula is C18H21ClN4O4S. The third-order valence-corrected chi connectivity index (χ3v) is 5.13. The molecule has 0 radical (unpaired) electrons. The first-order valence-corrected chi connectivity index (χ1v) is 10.2. The molecule has 0 spiro atoms. The molecule has 0 saturated carbocycles. The molecule has 0 bridgehead atoms. The van der Waals surface area contributed by atoms with E-state index in [1.165, 1.54) is 18.3 Å². The lowest BCUT2D eigenvalue weighted by molar-refractivity contribution is 0.0950. The van der Waals surface area contributed by atoms with Gasteiger partial charge < -0.3 is 15.0 Å². The normalized spacial score (nSPS) is 11.2. The predicted molar refractivity (Wildman–Crippen MR) is 109 cm³/mol. The fourth-order valence-electron chi connectivity index (χ4n) is 2.61. The second kappa shape index (κ2) is 9.13. The molecule has 150 valence electrons. The number of nitrogens with zero attached hydrogens (tertiary/aromatic N) is 2. The number of aromatic nitrogens is 3. The van der Waals surface area contributed by atoms with Crippen molar-refractivity contribution in [3.63, 3.8) is 0 Å². The number of amides is 1. The van der Waals surface area contributed by atoms with E-state index >= 15 is 0 Å². The number of H-pyrrole nitrogens is 1. The summed E-state index contributed by atoms with van der Waals surface area (Å²) < 4.78 is 28.1. The lowest BCUT2D eigenvalue weighted by Gasteiger charge is -2.05. The fraction of sp³-hybridized carbons (Fsp3) is 0.278. The number of imidazole rings is 1. The number of ether oxygens (including phenoxy) is 1. The van der Waals surface area contributed by atoms with Gasteiger partial charge in [0, 0.05) is 38.3 Å². The molecule has 0 atom stereocenters. The highest BCUT2D eigenvalue weighted by molar-refractivity contribution is 7.90. The standard InChI is InChI=1S/C18H20N4O4S.ClH/c1-26-11-3-9-20-18(23)14-8-10-19-17-15(14)21-16(22-17)12-4-6-13(7-5-12)27(2,24)25;/h4-8,10H,3,9,11H2,1-2H3,(H,20,23)(H,19,21,22);1H. The number of nitrogens with one attached hydrogen (secondary N) is 2. The van der Waals surface area contributed by atoms with Gasteiger partial charge in [-0.3, -0.25) is 4.79 Å². The maximum Gasteiger partial charge on any atom is 0.253 e. The van der Waals surface area contributed by atoms with Crippen molar-refractivity contribution in [2.45, 2.75) is 11.3 Å². The minimum absolute atomic E-state index is 0. The predicted octanol–water partition coefficient (Wildman–Crippen LogP) is 2.22. The van der Waals surface area contributed by atoms with Crippen molar-refractivity contribution in [3.8, 4) is 11.4 Å². The summed E-state index contributed by atoms with van der Waals surface area (Å²) in [6.07, 6.45) is 3.41. The molecule has 28 heavy (non-hydrogen) atoms. The maximum absolute atomic E-state index is 12.4. The van der Waals surface area contributed by atoms with E-state index in [1.54, 1.807) is 25.3 Å². The lowest BCUT2D eigenvalue weighted by Crippen LogP contribution is -2.25. The van der Waals surface area contributed by atoms with Gasteiger partial charge in [0.05, 0.1) is 16.0 Å². The van der Waals surface area contributed by atoms with Gasteiger partial charge in [-0.05, 0) is 36.8 Å². The number of halogens is 1. The third kappa shape index (κ3) is 4.86. The summed E-state index contributed by atoms with van der Waals surface area (Å²) in [6.45, 7) is 1.08. The van der Waals surface area contributed by atoms with Gasteiger partial charge in [-0.2, -0.15) is 0 Å². The Morgan fingerprint density at radius 2 is 1.93 bits per heavy atom. The summed E-state index contributed by atoms with van der Waals surface area (Å²) in [6, 6.07) is 8.00. The summed E-state index contributed by atoms with van der Waals surface area (Å²) in [4.78, 5) is 24.4. The number of fused-ring (bicyclic) bond motifs is 1. The van der Waals surface area contributed by atoms with Crippen molar-refractivity contribution in [2.24, 2.45) is 0 Å². The molecule has 1 amide bonds. The van der Waals surface area contributed by atoms with E-state index in [2.05, 4.69) is 20.3 Å². The van der Waals surface area contributed by atoms with Gasteiger partial charge in [-0.1, -0.05) is 0 Å². The van der Waals surface area contributed by atoms with Gasteiger partial charge in [-0.15, -0.1) is 12.4 Å². The van der Waals surface area contributed by atoms with Gasteiger partial charge in [0.15, 0.2) is 15.5 Å². The zero-order chi connectivity index (χ0) is 19.4. The molecule has 3 aromatic rings. The van der Waals surface area contributed by atoms with Crippen molar-refractivity contribution in [2.75, 3.05) is 26.5 Å². The molecule has 0 aliphatic rings. The van der Waals surface area contributed by atoms with Crippen LogP contribution in [-0.2, 0) is 14.6 Å². The van der Waals surface area contributed by atoms with Crippen LogP contribution >= 0.6 is 12.4 Å². The SMILES string of the molecule is COCCCNC(=O)c1ccnc2nc(-c3ccc(S(C)(=O)=O)cc3)[nH]c12.Cl. The van der Waals surface area contributed by atoms with E-state index in [1.807, 2.05) is 0 Å². The van der Waals surface area contributed by atoms with Crippen LogP contribution in [0.1, 0.15) is 16.8 Å². The Kier molecular flexibility index (Phi) is 7.11. The third-order valence-electron chi connectivity index (χ3n) is 4.00. The topological polar surface area (TPSA) is 114 Å². The Bertz CT molecular complexity index is 1060. The Morgan fingerprint density at radius 1 is 1.21 bits per heavy atom. The van der Waals surface area contributed by atoms with Crippen LogP contribution in [0.25, 0.3) is 22.6 Å². The van der Waals surface area contributed by atoms with E-state index in [0.717, 1.165) is 12.7 Å². The minimum atomic E-state index is -3.26. The van der Waals surface area contributed by atoms with Gasteiger partial charge in [0.2, 0.25) is 0 Å². The lowest BCUT2D eigenvalue weighted by atomic mass is 10.2. The average molecular weight is 425 g/mol. The number of rotatable bonds is 7. The summed E-state index contributed by atoms with van der Waals surface area (Å²) in [5.74, 6) is 0.290. The van der Waals surface area contributed by atoms with E-state index in [9.17, 15) is 13.2 Å². The van der Waals surface area contributed by atoms with Crippen LogP contribution in [0.4, 0.5) is 0 Å². The van der Waals surface area contributed by atoms with Crippen molar-refractivity contribution in [1.82, 2.24) is 20.3 Å². The first-order valence-electron chi connectivity index (χ1n) is 8.32. The van der Waals surface area contributed by atoms with Crippen LogP contribution < -0.4 is 5.32 Å². The van der Waals surface area contributed by atoms with Crippen molar-refractivity contribution < 1.29 is 17.9 Å². The Labute approximate surface area is 169 Å². The molecule has 2 heterocycles. The Balaban J connectivity index is 0.00000280. The number of methoxy groups -OCH3 is 1. The smallest absolute Gasteiger partial charge is 0.253 e. The molecule has 2 N–H and O–H groups in total. The number of pyridine rings is 1. The Morgan fingerprint density at radius 3 is 2.57 bits per heavy atom. The zero-order valence-electron chi connectivity index (χ0n) is 15.4. The highest BCUT2D eigenvalue weighted by Crippen LogP contribution is 2.23. The van der Waals surface area contributed by atoms with Crippen LogP contribution in [0, 0.1) is 0 Å². The summed E-state index contributed by atoms with van der Waals surface area (Å²) in [5.41, 5.74) is 2.10. The molecular weight excluding hydrogens is 404 g/mol. The molecule has 1 aromatic carbocycles.